The predicted molar refractivity (Wildman–Crippen MR) is 76.9 cm³/mol. The van der Waals surface area contributed by atoms with Crippen LogP contribution in [0.25, 0.3) is 11.3 Å². The second-order valence-electron chi connectivity index (χ2n) is 5.49. The molecule has 0 atom stereocenters. The highest BCUT2D eigenvalue weighted by atomic mass is 32.1. The van der Waals surface area contributed by atoms with Crippen molar-refractivity contribution in [1.29, 1.82) is 0 Å². The Morgan fingerprint density at radius 3 is 2.28 bits per heavy atom. The van der Waals surface area contributed by atoms with Gasteiger partial charge in [-0.1, -0.05) is 45.0 Å². The van der Waals surface area contributed by atoms with Crippen LogP contribution in [0.15, 0.2) is 24.3 Å². The van der Waals surface area contributed by atoms with Gasteiger partial charge in [0, 0.05) is 5.56 Å². The summed E-state index contributed by atoms with van der Waals surface area (Å²) in [5, 5.41) is 10.3. The lowest BCUT2D eigenvalue weighted by molar-refractivity contribution is 0.286. The van der Waals surface area contributed by atoms with Crippen molar-refractivity contribution in [3.05, 3.63) is 39.7 Å². The van der Waals surface area contributed by atoms with Gasteiger partial charge in [-0.15, -0.1) is 11.3 Å². The highest BCUT2D eigenvalue weighted by molar-refractivity contribution is 7.12. The van der Waals surface area contributed by atoms with E-state index in [0.717, 1.165) is 21.1 Å². The Labute approximate surface area is 112 Å². The lowest BCUT2D eigenvalue weighted by atomic mass is 9.86. The second kappa shape index (κ2) is 4.82. The van der Waals surface area contributed by atoms with Crippen molar-refractivity contribution >= 4 is 11.3 Å². The molecule has 0 aliphatic heterocycles. The van der Waals surface area contributed by atoms with Crippen LogP contribution in [0.2, 0.25) is 0 Å². The third kappa shape index (κ3) is 2.62. The molecule has 96 valence electrons. The Bertz CT molecular complexity index is 535. The highest BCUT2D eigenvalue weighted by Crippen LogP contribution is 2.30. The first-order chi connectivity index (χ1) is 8.41. The molecule has 0 aliphatic rings. The van der Waals surface area contributed by atoms with Crippen molar-refractivity contribution in [2.75, 3.05) is 0 Å². The minimum Gasteiger partial charge on any atom is -0.391 e. The first-order valence-electron chi connectivity index (χ1n) is 6.10. The van der Waals surface area contributed by atoms with E-state index in [1.165, 1.54) is 5.56 Å². The molecule has 2 aromatic rings. The molecule has 1 heterocycles. The molecule has 0 aliphatic carbocycles. The molecule has 3 heteroatoms. The first-order valence-corrected chi connectivity index (χ1v) is 6.91. The summed E-state index contributed by atoms with van der Waals surface area (Å²) in [4.78, 5) is 5.44. The number of thiazole rings is 1. The summed E-state index contributed by atoms with van der Waals surface area (Å²) in [5.74, 6) is 0. The summed E-state index contributed by atoms with van der Waals surface area (Å²) in [6.45, 7) is 8.63. The summed E-state index contributed by atoms with van der Waals surface area (Å²) in [6, 6.07) is 8.47. The van der Waals surface area contributed by atoms with E-state index in [1.807, 2.05) is 6.92 Å². The maximum atomic E-state index is 9.35. The molecule has 18 heavy (non-hydrogen) atoms. The van der Waals surface area contributed by atoms with E-state index in [0.29, 0.717) is 0 Å². The van der Waals surface area contributed by atoms with E-state index in [4.69, 9.17) is 0 Å². The molecule has 2 nitrogen and oxygen atoms in total. The number of aryl methyl sites for hydroxylation is 1. The summed E-state index contributed by atoms with van der Waals surface area (Å²) in [6.07, 6.45) is 0. The SMILES string of the molecule is Cc1nc(-c2ccc(C(C)(C)C)cc2)c(CO)s1. The number of benzene rings is 1. The Balaban J connectivity index is 2.40. The van der Waals surface area contributed by atoms with Crippen molar-refractivity contribution in [1.82, 2.24) is 4.98 Å². The molecule has 0 fully saturated rings. The van der Waals surface area contributed by atoms with E-state index in [2.05, 4.69) is 50.0 Å². The standard InChI is InChI=1S/C15H19NOS/c1-10-16-14(13(9-17)18-10)11-5-7-12(8-6-11)15(2,3)4/h5-8,17H,9H2,1-4H3. The Kier molecular flexibility index (Phi) is 3.55. The number of hydrogen-bond acceptors (Lipinski definition) is 3. The van der Waals surface area contributed by atoms with Gasteiger partial charge in [0.05, 0.1) is 22.2 Å². The molecular weight excluding hydrogens is 242 g/mol. The fraction of sp³-hybridized carbons (Fsp3) is 0.400. The van der Waals surface area contributed by atoms with Gasteiger partial charge in [0.25, 0.3) is 0 Å². The Morgan fingerprint density at radius 2 is 1.78 bits per heavy atom. The number of rotatable bonds is 2. The van der Waals surface area contributed by atoms with Crippen LogP contribution in [0.1, 0.15) is 36.2 Å². The third-order valence-electron chi connectivity index (χ3n) is 2.97. The van der Waals surface area contributed by atoms with Gasteiger partial charge in [-0.05, 0) is 17.9 Å². The van der Waals surface area contributed by atoms with Crippen LogP contribution in [0.5, 0.6) is 0 Å². The molecule has 0 amide bonds. The quantitative estimate of drug-likeness (QED) is 0.889. The monoisotopic (exact) mass is 261 g/mol. The summed E-state index contributed by atoms with van der Waals surface area (Å²) < 4.78 is 0. The topological polar surface area (TPSA) is 33.1 Å². The van der Waals surface area contributed by atoms with Gasteiger partial charge in [0.2, 0.25) is 0 Å². The number of nitrogens with zero attached hydrogens (tertiary/aromatic N) is 1. The fourth-order valence-electron chi connectivity index (χ4n) is 1.93. The Hall–Kier alpha value is -1.19. The van der Waals surface area contributed by atoms with Crippen LogP contribution in [-0.2, 0) is 12.0 Å². The van der Waals surface area contributed by atoms with E-state index in [-0.39, 0.29) is 12.0 Å². The summed E-state index contributed by atoms with van der Waals surface area (Å²) in [5.41, 5.74) is 3.47. The maximum absolute atomic E-state index is 9.35. The average Bonchev–Trinajstić information content (AvgIpc) is 2.69. The van der Waals surface area contributed by atoms with Gasteiger partial charge < -0.3 is 5.11 Å². The highest BCUT2D eigenvalue weighted by Gasteiger charge is 2.15. The van der Waals surface area contributed by atoms with E-state index in [1.54, 1.807) is 11.3 Å². The first kappa shape index (κ1) is 13.2. The fourth-order valence-corrected chi connectivity index (χ4v) is 2.75. The molecular formula is C15H19NOS. The summed E-state index contributed by atoms with van der Waals surface area (Å²) >= 11 is 1.56. The third-order valence-corrected chi connectivity index (χ3v) is 3.93. The largest absolute Gasteiger partial charge is 0.391 e. The van der Waals surface area contributed by atoms with Gasteiger partial charge in [-0.25, -0.2) is 4.98 Å². The van der Waals surface area contributed by atoms with E-state index < -0.39 is 0 Å². The lowest BCUT2D eigenvalue weighted by Crippen LogP contribution is -2.10. The van der Waals surface area contributed by atoms with Gasteiger partial charge >= 0.3 is 0 Å². The van der Waals surface area contributed by atoms with Gasteiger partial charge in [-0.2, -0.15) is 0 Å². The number of hydrogen-bond donors (Lipinski definition) is 1. The molecule has 2 rings (SSSR count). The van der Waals surface area contributed by atoms with Gasteiger partial charge in [0.1, 0.15) is 0 Å². The van der Waals surface area contributed by atoms with Crippen molar-refractivity contribution in [3.8, 4) is 11.3 Å². The zero-order chi connectivity index (χ0) is 13.3. The zero-order valence-corrected chi connectivity index (χ0v) is 12.1. The molecule has 1 aromatic carbocycles. The average molecular weight is 261 g/mol. The number of aliphatic hydroxyl groups is 1. The second-order valence-corrected chi connectivity index (χ2v) is 6.78. The van der Waals surface area contributed by atoms with Crippen LogP contribution in [-0.4, -0.2) is 10.1 Å². The van der Waals surface area contributed by atoms with E-state index >= 15 is 0 Å². The molecule has 1 aromatic heterocycles. The predicted octanol–water partition coefficient (Wildman–Crippen LogP) is 3.91. The van der Waals surface area contributed by atoms with Crippen molar-refractivity contribution in [3.63, 3.8) is 0 Å². The molecule has 0 saturated carbocycles. The molecule has 0 radical (unpaired) electrons. The zero-order valence-electron chi connectivity index (χ0n) is 11.3. The minimum atomic E-state index is 0.0574. The molecule has 1 N–H and O–H groups in total. The van der Waals surface area contributed by atoms with Crippen LogP contribution in [0.3, 0.4) is 0 Å². The molecule has 0 bridgehead atoms. The van der Waals surface area contributed by atoms with Crippen LogP contribution < -0.4 is 0 Å². The maximum Gasteiger partial charge on any atom is 0.0905 e. The van der Waals surface area contributed by atoms with Gasteiger partial charge in [-0.3, -0.25) is 0 Å². The van der Waals surface area contributed by atoms with Crippen LogP contribution in [0.4, 0.5) is 0 Å². The minimum absolute atomic E-state index is 0.0574. The van der Waals surface area contributed by atoms with E-state index in [9.17, 15) is 5.11 Å². The molecule has 0 saturated heterocycles. The molecule has 0 unspecified atom stereocenters. The normalized spacial score (nSPS) is 11.8. The van der Waals surface area contributed by atoms with Crippen LogP contribution >= 0.6 is 11.3 Å². The number of aliphatic hydroxyl groups excluding tert-OH is 1. The molecule has 0 spiro atoms. The van der Waals surface area contributed by atoms with Crippen molar-refractivity contribution in [2.45, 2.75) is 39.7 Å². The van der Waals surface area contributed by atoms with Crippen molar-refractivity contribution < 1.29 is 5.11 Å². The Morgan fingerprint density at radius 1 is 1.17 bits per heavy atom. The van der Waals surface area contributed by atoms with Crippen molar-refractivity contribution in [2.24, 2.45) is 0 Å². The summed E-state index contributed by atoms with van der Waals surface area (Å²) in [7, 11) is 0. The lowest BCUT2D eigenvalue weighted by Gasteiger charge is -2.19. The van der Waals surface area contributed by atoms with Gasteiger partial charge in [0.15, 0.2) is 0 Å². The number of aromatic nitrogens is 1. The smallest absolute Gasteiger partial charge is 0.0905 e. The van der Waals surface area contributed by atoms with Crippen LogP contribution in [0, 0.1) is 6.92 Å².